The van der Waals surface area contributed by atoms with Gasteiger partial charge in [0.05, 0.1) is 16.9 Å². The first kappa shape index (κ1) is 17.3. The van der Waals surface area contributed by atoms with Gasteiger partial charge in [-0.05, 0) is 18.2 Å². The molecule has 0 saturated heterocycles. The fourth-order valence-corrected chi connectivity index (χ4v) is 3.01. The summed E-state index contributed by atoms with van der Waals surface area (Å²) in [6.07, 6.45) is 3.65. The molecule has 3 heterocycles. The molecule has 0 aliphatic heterocycles. The number of hydrogen-bond donors (Lipinski definition) is 2. The molecule has 136 valence electrons. The van der Waals surface area contributed by atoms with Crippen molar-refractivity contribution in [1.82, 2.24) is 25.1 Å². The smallest absolute Gasteiger partial charge is 0.149 e. The van der Waals surface area contributed by atoms with Crippen molar-refractivity contribution in [3.8, 4) is 17.3 Å². The van der Waals surface area contributed by atoms with Crippen molar-refractivity contribution in [3.05, 3.63) is 66.2 Å². The van der Waals surface area contributed by atoms with Gasteiger partial charge >= 0.3 is 0 Å². The van der Waals surface area contributed by atoms with Gasteiger partial charge in [-0.15, -0.1) is 0 Å². The summed E-state index contributed by atoms with van der Waals surface area (Å²) in [5, 5.41) is 22.1. The van der Waals surface area contributed by atoms with Crippen LogP contribution in [0.15, 0.2) is 55.0 Å². The fourth-order valence-electron chi connectivity index (χ4n) is 3.01. The molecule has 28 heavy (non-hydrogen) atoms. The van der Waals surface area contributed by atoms with Crippen molar-refractivity contribution in [2.24, 2.45) is 0 Å². The molecule has 0 amide bonds. The Kier molecular flexibility index (Phi) is 4.72. The molecule has 4 rings (SSSR count). The first-order chi connectivity index (χ1) is 13.8. The van der Waals surface area contributed by atoms with Gasteiger partial charge in [0.1, 0.15) is 29.6 Å². The summed E-state index contributed by atoms with van der Waals surface area (Å²) in [5.74, 6) is 0.558. The quantitative estimate of drug-likeness (QED) is 0.550. The summed E-state index contributed by atoms with van der Waals surface area (Å²) in [7, 11) is 0. The highest BCUT2D eigenvalue weighted by molar-refractivity contribution is 5.94. The number of hydrogen-bond acceptors (Lipinski definition) is 8. The van der Waals surface area contributed by atoms with E-state index in [-0.39, 0.29) is 11.4 Å². The number of nitrogen functional groups attached to an aromatic ring is 1. The summed E-state index contributed by atoms with van der Waals surface area (Å²) in [6.45, 7) is 0.498. The Balaban J connectivity index is 1.67. The van der Waals surface area contributed by atoms with Crippen LogP contribution < -0.4 is 11.1 Å². The summed E-state index contributed by atoms with van der Waals surface area (Å²) in [5.41, 5.74) is 9.39. The number of rotatable bonds is 5. The molecule has 0 bridgehead atoms. The Bertz CT molecular complexity index is 1170. The van der Waals surface area contributed by atoms with Crippen LogP contribution in [0, 0.1) is 11.3 Å². The largest absolute Gasteiger partial charge is 0.382 e. The second-order valence-electron chi connectivity index (χ2n) is 6.02. The van der Waals surface area contributed by atoms with Crippen LogP contribution in [0.1, 0.15) is 11.3 Å². The van der Waals surface area contributed by atoms with Crippen molar-refractivity contribution < 1.29 is 0 Å². The third-order valence-corrected chi connectivity index (χ3v) is 4.30. The molecule has 3 aromatic heterocycles. The standard InChI is InChI=1S/C20H16N8/c21-11-14-19(22)25-12-26-20(14)24-10-8-17-18(16-7-3-4-9-23-16)13-5-1-2-6-15(13)27-28-17/h1-7,9,12H,8,10H2,(H3,22,24,25,26). The van der Waals surface area contributed by atoms with E-state index in [2.05, 4.69) is 30.5 Å². The minimum Gasteiger partial charge on any atom is -0.382 e. The molecule has 1 aromatic carbocycles. The molecule has 8 heteroatoms. The van der Waals surface area contributed by atoms with Gasteiger partial charge in [-0.1, -0.05) is 24.3 Å². The van der Waals surface area contributed by atoms with Crippen LogP contribution in [-0.2, 0) is 6.42 Å². The van der Waals surface area contributed by atoms with E-state index >= 15 is 0 Å². The van der Waals surface area contributed by atoms with E-state index in [0.717, 1.165) is 27.9 Å². The molecule has 0 radical (unpaired) electrons. The van der Waals surface area contributed by atoms with Crippen molar-refractivity contribution >= 4 is 22.5 Å². The Labute approximate surface area is 161 Å². The van der Waals surface area contributed by atoms with Crippen molar-refractivity contribution in [1.29, 1.82) is 5.26 Å². The maximum atomic E-state index is 9.25. The van der Waals surface area contributed by atoms with E-state index < -0.39 is 0 Å². The fraction of sp³-hybridized carbons (Fsp3) is 0.100. The second kappa shape index (κ2) is 7.63. The van der Waals surface area contributed by atoms with Crippen molar-refractivity contribution in [2.45, 2.75) is 6.42 Å². The molecule has 8 nitrogen and oxygen atoms in total. The Hall–Kier alpha value is -4.12. The van der Waals surface area contributed by atoms with Gasteiger partial charge < -0.3 is 11.1 Å². The zero-order chi connectivity index (χ0) is 19.3. The zero-order valence-electron chi connectivity index (χ0n) is 14.9. The van der Waals surface area contributed by atoms with Gasteiger partial charge in [-0.25, -0.2) is 9.97 Å². The number of nitriles is 1. The van der Waals surface area contributed by atoms with Crippen LogP contribution in [0.3, 0.4) is 0 Å². The van der Waals surface area contributed by atoms with Crippen LogP contribution in [0.5, 0.6) is 0 Å². The first-order valence-electron chi connectivity index (χ1n) is 8.68. The third-order valence-electron chi connectivity index (χ3n) is 4.30. The maximum Gasteiger partial charge on any atom is 0.149 e. The summed E-state index contributed by atoms with van der Waals surface area (Å²) >= 11 is 0. The first-order valence-corrected chi connectivity index (χ1v) is 8.68. The molecule has 0 spiro atoms. The molecule has 0 aliphatic rings. The number of anilines is 2. The topological polar surface area (TPSA) is 126 Å². The Morgan fingerprint density at radius 2 is 1.86 bits per heavy atom. The molecule has 0 saturated carbocycles. The van der Waals surface area contributed by atoms with E-state index in [0.29, 0.717) is 18.8 Å². The number of aromatic nitrogens is 5. The van der Waals surface area contributed by atoms with E-state index in [9.17, 15) is 5.26 Å². The summed E-state index contributed by atoms with van der Waals surface area (Å²) < 4.78 is 0. The van der Waals surface area contributed by atoms with Crippen molar-refractivity contribution in [3.63, 3.8) is 0 Å². The van der Waals surface area contributed by atoms with Crippen LogP contribution >= 0.6 is 0 Å². The zero-order valence-corrected chi connectivity index (χ0v) is 14.9. The molecular weight excluding hydrogens is 352 g/mol. The lowest BCUT2D eigenvalue weighted by Crippen LogP contribution is -2.12. The average Bonchev–Trinajstić information content (AvgIpc) is 2.74. The van der Waals surface area contributed by atoms with Crippen LogP contribution in [-0.4, -0.2) is 31.7 Å². The van der Waals surface area contributed by atoms with Gasteiger partial charge in [-0.2, -0.15) is 15.5 Å². The summed E-state index contributed by atoms with van der Waals surface area (Å²) in [4.78, 5) is 12.4. The number of nitrogens with two attached hydrogens (primary N) is 1. The highest BCUT2D eigenvalue weighted by Crippen LogP contribution is 2.28. The minimum atomic E-state index is 0.152. The van der Waals surface area contributed by atoms with Crippen LogP contribution in [0.25, 0.3) is 22.2 Å². The Morgan fingerprint density at radius 3 is 2.68 bits per heavy atom. The van der Waals surface area contributed by atoms with Crippen molar-refractivity contribution in [2.75, 3.05) is 17.6 Å². The monoisotopic (exact) mass is 368 g/mol. The number of fused-ring (bicyclic) bond motifs is 1. The van der Waals surface area contributed by atoms with E-state index in [1.165, 1.54) is 6.33 Å². The minimum absolute atomic E-state index is 0.152. The molecule has 0 atom stereocenters. The van der Waals surface area contributed by atoms with Gasteiger partial charge in [0.25, 0.3) is 0 Å². The number of nitrogens with zero attached hydrogens (tertiary/aromatic N) is 6. The lowest BCUT2D eigenvalue weighted by molar-refractivity contribution is 0.902. The van der Waals surface area contributed by atoms with Gasteiger partial charge in [0, 0.05) is 30.1 Å². The predicted octanol–water partition coefficient (Wildman–Crippen LogP) is 2.59. The number of pyridine rings is 1. The molecule has 4 aromatic rings. The van der Waals surface area contributed by atoms with Gasteiger partial charge in [0.15, 0.2) is 0 Å². The molecule has 3 N–H and O–H groups in total. The lowest BCUT2D eigenvalue weighted by atomic mass is 10.0. The SMILES string of the molecule is N#Cc1c(N)ncnc1NCCc1nnc2ccccc2c1-c1ccccn1. The Morgan fingerprint density at radius 1 is 1.00 bits per heavy atom. The van der Waals surface area contributed by atoms with Crippen LogP contribution in [0.2, 0.25) is 0 Å². The number of benzene rings is 1. The number of nitrogens with one attached hydrogen (secondary N) is 1. The second-order valence-corrected chi connectivity index (χ2v) is 6.02. The highest BCUT2D eigenvalue weighted by atomic mass is 15.1. The molecule has 0 aliphatic carbocycles. The van der Waals surface area contributed by atoms with Gasteiger partial charge in [-0.3, -0.25) is 4.98 Å². The summed E-state index contributed by atoms with van der Waals surface area (Å²) in [6, 6.07) is 15.7. The average molecular weight is 368 g/mol. The third kappa shape index (κ3) is 3.29. The highest BCUT2D eigenvalue weighted by Gasteiger charge is 2.14. The molecule has 0 unspecified atom stereocenters. The van der Waals surface area contributed by atoms with Crippen LogP contribution in [0.4, 0.5) is 11.6 Å². The maximum absolute atomic E-state index is 9.25. The van der Waals surface area contributed by atoms with E-state index in [4.69, 9.17) is 5.73 Å². The lowest BCUT2D eigenvalue weighted by Gasteiger charge is -2.12. The molecule has 0 fully saturated rings. The predicted molar refractivity (Wildman–Crippen MR) is 106 cm³/mol. The van der Waals surface area contributed by atoms with E-state index in [1.54, 1.807) is 6.20 Å². The normalized spacial score (nSPS) is 10.5. The van der Waals surface area contributed by atoms with E-state index in [1.807, 2.05) is 48.5 Å². The molecular formula is C20H16N8. The van der Waals surface area contributed by atoms with Gasteiger partial charge in [0.2, 0.25) is 0 Å².